The third kappa shape index (κ3) is 3.97. The molecule has 22 heavy (non-hydrogen) atoms. The van der Waals surface area contributed by atoms with Gasteiger partial charge in [0, 0.05) is 11.6 Å². The summed E-state index contributed by atoms with van der Waals surface area (Å²) in [7, 11) is 0. The van der Waals surface area contributed by atoms with Crippen LogP contribution in [0, 0.1) is 12.7 Å². The standard InChI is InChI=1S/C16H14Cl2FNO2/c1-9-6-12(13(18)7-14(9)19)16(22)20-8-15(21)10-2-4-11(17)5-3-10/h2-7,15,21H,8H2,1H3,(H,20,22). The van der Waals surface area contributed by atoms with E-state index in [1.54, 1.807) is 31.2 Å². The molecule has 0 radical (unpaired) electrons. The van der Waals surface area contributed by atoms with Crippen molar-refractivity contribution in [2.75, 3.05) is 6.54 Å². The number of hydrogen-bond acceptors (Lipinski definition) is 2. The molecule has 0 aliphatic heterocycles. The maximum Gasteiger partial charge on any atom is 0.252 e. The molecule has 0 bridgehead atoms. The first-order valence-electron chi connectivity index (χ1n) is 6.56. The average molecular weight is 342 g/mol. The van der Waals surface area contributed by atoms with Crippen molar-refractivity contribution < 1.29 is 14.3 Å². The number of aliphatic hydroxyl groups is 1. The van der Waals surface area contributed by atoms with Gasteiger partial charge in [-0.3, -0.25) is 4.79 Å². The molecule has 116 valence electrons. The molecule has 0 fully saturated rings. The molecule has 2 N–H and O–H groups in total. The fraction of sp³-hybridized carbons (Fsp3) is 0.188. The van der Waals surface area contributed by atoms with E-state index in [1.165, 1.54) is 6.07 Å². The van der Waals surface area contributed by atoms with Gasteiger partial charge in [0.15, 0.2) is 0 Å². The lowest BCUT2D eigenvalue weighted by Crippen LogP contribution is -2.28. The summed E-state index contributed by atoms with van der Waals surface area (Å²) in [5, 5.41) is 13.2. The van der Waals surface area contributed by atoms with Crippen LogP contribution in [-0.4, -0.2) is 17.6 Å². The first-order valence-corrected chi connectivity index (χ1v) is 7.31. The van der Waals surface area contributed by atoms with E-state index in [4.69, 9.17) is 23.2 Å². The van der Waals surface area contributed by atoms with Crippen molar-refractivity contribution in [2.24, 2.45) is 0 Å². The summed E-state index contributed by atoms with van der Waals surface area (Å²) in [6.07, 6.45) is -0.874. The van der Waals surface area contributed by atoms with Crippen LogP contribution >= 0.6 is 23.2 Å². The van der Waals surface area contributed by atoms with Crippen LogP contribution in [0.25, 0.3) is 0 Å². The van der Waals surface area contributed by atoms with Gasteiger partial charge >= 0.3 is 0 Å². The normalized spacial score (nSPS) is 12.0. The Kier molecular flexibility index (Phi) is 5.40. The fourth-order valence-corrected chi connectivity index (χ4v) is 2.28. The molecule has 2 aromatic carbocycles. The van der Waals surface area contributed by atoms with Gasteiger partial charge in [-0.25, -0.2) is 4.39 Å². The number of rotatable bonds is 4. The summed E-state index contributed by atoms with van der Waals surface area (Å²) in [5.41, 5.74) is 1.13. The third-order valence-electron chi connectivity index (χ3n) is 3.20. The molecule has 2 aromatic rings. The summed E-state index contributed by atoms with van der Waals surface area (Å²) >= 11 is 11.6. The van der Waals surface area contributed by atoms with E-state index < -0.39 is 17.8 Å². The molecule has 0 aliphatic carbocycles. The van der Waals surface area contributed by atoms with Crippen LogP contribution in [0.1, 0.15) is 27.6 Å². The SMILES string of the molecule is Cc1cc(C(=O)NCC(O)c2ccc(Cl)cc2)c(Cl)cc1F. The van der Waals surface area contributed by atoms with Crippen LogP contribution in [0.15, 0.2) is 36.4 Å². The Bertz CT molecular complexity index is 689. The van der Waals surface area contributed by atoms with Crippen molar-refractivity contribution in [3.8, 4) is 0 Å². The molecule has 6 heteroatoms. The molecule has 0 heterocycles. The Hall–Kier alpha value is -1.62. The summed E-state index contributed by atoms with van der Waals surface area (Å²) in [5.74, 6) is -0.941. The number of halogens is 3. The number of carbonyl (C=O) groups is 1. The summed E-state index contributed by atoms with van der Waals surface area (Å²) < 4.78 is 13.3. The van der Waals surface area contributed by atoms with Crippen molar-refractivity contribution >= 4 is 29.1 Å². The molecular formula is C16H14Cl2FNO2. The number of aliphatic hydroxyl groups excluding tert-OH is 1. The molecule has 1 unspecified atom stereocenters. The van der Waals surface area contributed by atoms with E-state index in [1.807, 2.05) is 0 Å². The predicted molar refractivity (Wildman–Crippen MR) is 84.9 cm³/mol. The molecule has 0 aromatic heterocycles. The van der Waals surface area contributed by atoms with E-state index in [-0.39, 0.29) is 17.1 Å². The molecule has 1 atom stereocenters. The Balaban J connectivity index is 2.03. The van der Waals surface area contributed by atoms with E-state index in [9.17, 15) is 14.3 Å². The van der Waals surface area contributed by atoms with E-state index >= 15 is 0 Å². The number of nitrogens with one attached hydrogen (secondary N) is 1. The second kappa shape index (κ2) is 7.09. The lowest BCUT2D eigenvalue weighted by Gasteiger charge is -2.13. The van der Waals surface area contributed by atoms with Crippen LogP contribution in [-0.2, 0) is 0 Å². The maximum atomic E-state index is 13.3. The van der Waals surface area contributed by atoms with Gasteiger partial charge in [0.05, 0.1) is 16.7 Å². The predicted octanol–water partition coefficient (Wildman–Crippen LogP) is 3.90. The van der Waals surface area contributed by atoms with Crippen LogP contribution < -0.4 is 5.32 Å². The fourth-order valence-electron chi connectivity index (χ4n) is 1.92. The van der Waals surface area contributed by atoms with Gasteiger partial charge in [-0.1, -0.05) is 35.3 Å². The van der Waals surface area contributed by atoms with E-state index in [0.717, 1.165) is 6.07 Å². The molecule has 3 nitrogen and oxygen atoms in total. The summed E-state index contributed by atoms with van der Waals surface area (Å²) in [6, 6.07) is 9.13. The maximum absolute atomic E-state index is 13.3. The van der Waals surface area contributed by atoms with E-state index in [2.05, 4.69) is 5.32 Å². The Labute approximate surface area is 137 Å². The van der Waals surface area contributed by atoms with Gasteiger partial charge in [-0.15, -0.1) is 0 Å². The number of benzene rings is 2. The number of aryl methyl sites for hydroxylation is 1. The van der Waals surface area contributed by atoms with Gasteiger partial charge in [0.2, 0.25) is 0 Å². The first kappa shape index (κ1) is 16.7. The quantitative estimate of drug-likeness (QED) is 0.885. The van der Waals surface area contributed by atoms with Crippen LogP contribution in [0.2, 0.25) is 10.0 Å². The van der Waals surface area contributed by atoms with Gasteiger partial charge in [-0.2, -0.15) is 0 Å². The highest BCUT2D eigenvalue weighted by Gasteiger charge is 2.15. The number of carbonyl (C=O) groups excluding carboxylic acids is 1. The highest BCUT2D eigenvalue weighted by Crippen LogP contribution is 2.21. The summed E-state index contributed by atoms with van der Waals surface area (Å²) in [6.45, 7) is 1.55. The molecule has 1 amide bonds. The molecule has 2 rings (SSSR count). The van der Waals surface area contributed by atoms with E-state index in [0.29, 0.717) is 16.1 Å². The zero-order valence-corrected chi connectivity index (χ0v) is 13.2. The molecular weight excluding hydrogens is 328 g/mol. The monoisotopic (exact) mass is 341 g/mol. The smallest absolute Gasteiger partial charge is 0.252 e. The van der Waals surface area contributed by atoms with Crippen LogP contribution in [0.5, 0.6) is 0 Å². The minimum Gasteiger partial charge on any atom is -0.387 e. The van der Waals surface area contributed by atoms with Crippen molar-refractivity contribution in [1.29, 1.82) is 0 Å². The minimum absolute atomic E-state index is 0.00716. The topological polar surface area (TPSA) is 49.3 Å². The first-order chi connectivity index (χ1) is 10.4. The summed E-state index contributed by atoms with van der Waals surface area (Å²) in [4.78, 5) is 12.1. The minimum atomic E-state index is -0.874. The van der Waals surface area contributed by atoms with Gasteiger partial charge in [-0.05, 0) is 42.3 Å². The van der Waals surface area contributed by atoms with Gasteiger partial charge in [0.1, 0.15) is 5.82 Å². The third-order valence-corrected chi connectivity index (χ3v) is 3.77. The van der Waals surface area contributed by atoms with Crippen molar-refractivity contribution in [3.05, 3.63) is 69.0 Å². The highest BCUT2D eigenvalue weighted by atomic mass is 35.5. The van der Waals surface area contributed by atoms with Crippen molar-refractivity contribution in [1.82, 2.24) is 5.32 Å². The van der Waals surface area contributed by atoms with Gasteiger partial charge in [0.25, 0.3) is 5.91 Å². The number of hydrogen-bond donors (Lipinski definition) is 2. The lowest BCUT2D eigenvalue weighted by atomic mass is 10.1. The van der Waals surface area contributed by atoms with Crippen molar-refractivity contribution in [2.45, 2.75) is 13.0 Å². The number of amides is 1. The average Bonchev–Trinajstić information content (AvgIpc) is 2.49. The lowest BCUT2D eigenvalue weighted by molar-refractivity contribution is 0.0916. The zero-order chi connectivity index (χ0) is 16.3. The molecule has 0 aliphatic rings. The van der Waals surface area contributed by atoms with Crippen LogP contribution in [0.4, 0.5) is 4.39 Å². The van der Waals surface area contributed by atoms with Crippen LogP contribution in [0.3, 0.4) is 0 Å². The second-order valence-electron chi connectivity index (χ2n) is 4.86. The zero-order valence-electron chi connectivity index (χ0n) is 11.7. The largest absolute Gasteiger partial charge is 0.387 e. The molecule has 0 saturated carbocycles. The Morgan fingerprint density at radius 3 is 2.55 bits per heavy atom. The Morgan fingerprint density at radius 1 is 1.27 bits per heavy atom. The van der Waals surface area contributed by atoms with Crippen molar-refractivity contribution in [3.63, 3.8) is 0 Å². The second-order valence-corrected chi connectivity index (χ2v) is 5.70. The molecule has 0 spiro atoms. The Morgan fingerprint density at radius 2 is 1.91 bits per heavy atom. The van der Waals surface area contributed by atoms with Gasteiger partial charge < -0.3 is 10.4 Å². The molecule has 0 saturated heterocycles. The highest BCUT2D eigenvalue weighted by molar-refractivity contribution is 6.33.